The number of likely N-dealkylation sites (tertiary alicyclic amines) is 2. The molecule has 3 heterocycles. The van der Waals surface area contributed by atoms with Crippen LogP contribution in [0.5, 0.6) is 5.75 Å². The first-order valence-corrected chi connectivity index (χ1v) is 12.5. The van der Waals surface area contributed by atoms with E-state index in [4.69, 9.17) is 4.74 Å². The first kappa shape index (κ1) is 26.7. The summed E-state index contributed by atoms with van der Waals surface area (Å²) >= 11 is 0. The number of carbonyl (C=O) groups is 2. The van der Waals surface area contributed by atoms with Gasteiger partial charge in [-0.2, -0.15) is 0 Å². The molecule has 1 aromatic rings. The fourth-order valence-electron chi connectivity index (χ4n) is 5.87. The molecule has 8 nitrogen and oxygen atoms in total. The second-order valence-electron chi connectivity index (χ2n) is 9.91. The molecule has 3 aliphatic rings. The van der Waals surface area contributed by atoms with Gasteiger partial charge in [0, 0.05) is 51.8 Å². The number of ether oxygens (including phenoxy) is 2. The third-order valence-corrected chi connectivity index (χ3v) is 7.62. The summed E-state index contributed by atoms with van der Waals surface area (Å²) in [5.74, 6) is -0.224. The number of halogens is 3. The number of fused-ring (bicyclic) bond motifs is 1. The van der Waals surface area contributed by atoms with Crippen LogP contribution in [-0.2, 0) is 20.9 Å². The maximum atomic E-state index is 13.1. The lowest BCUT2D eigenvalue weighted by molar-refractivity contribution is -0.274. The molecule has 11 heteroatoms. The van der Waals surface area contributed by atoms with Gasteiger partial charge in [0.15, 0.2) is 0 Å². The lowest BCUT2D eigenvalue weighted by atomic mass is 10.0. The highest BCUT2D eigenvalue weighted by atomic mass is 19.4. The van der Waals surface area contributed by atoms with Crippen LogP contribution >= 0.6 is 0 Å². The Bertz CT molecular complexity index is 931. The molecule has 0 saturated carbocycles. The minimum atomic E-state index is -4.75. The predicted molar refractivity (Wildman–Crippen MR) is 126 cm³/mol. The maximum absolute atomic E-state index is 13.1. The second kappa shape index (κ2) is 11.4. The molecule has 0 radical (unpaired) electrons. The van der Waals surface area contributed by atoms with Crippen molar-refractivity contribution in [2.45, 2.75) is 69.2 Å². The number of amides is 2. The molecule has 4 atom stereocenters. The molecule has 0 spiro atoms. The number of alkyl halides is 3. The highest BCUT2D eigenvalue weighted by molar-refractivity contribution is 5.83. The fraction of sp³-hybridized carbons (Fsp3) is 0.680. The minimum Gasteiger partial charge on any atom is -0.406 e. The molecule has 3 saturated heterocycles. The number of likely N-dealkylation sites (N-methyl/N-ethyl adjacent to an activating group) is 1. The quantitative estimate of drug-likeness (QED) is 0.577. The molecule has 36 heavy (non-hydrogen) atoms. The van der Waals surface area contributed by atoms with Gasteiger partial charge in [-0.3, -0.25) is 19.4 Å². The van der Waals surface area contributed by atoms with E-state index in [9.17, 15) is 22.8 Å². The van der Waals surface area contributed by atoms with Gasteiger partial charge in [0.05, 0.1) is 12.6 Å². The SMILES string of the molecule is COCC1CCCN1C(=O)CCC1CNC(=O)C2C(CCN2Cc2cccc(OC(F)(F)F)c2)N1C. The Hall–Kier alpha value is -2.37. The number of hydrogen-bond acceptors (Lipinski definition) is 6. The van der Waals surface area contributed by atoms with Gasteiger partial charge in [-0.05, 0) is 50.4 Å². The Morgan fingerprint density at radius 2 is 2.00 bits per heavy atom. The molecule has 1 N–H and O–H groups in total. The van der Waals surface area contributed by atoms with Crippen molar-refractivity contribution in [2.75, 3.05) is 40.4 Å². The van der Waals surface area contributed by atoms with Crippen molar-refractivity contribution in [1.29, 1.82) is 0 Å². The molecule has 0 aliphatic carbocycles. The minimum absolute atomic E-state index is 0.0276. The third-order valence-electron chi connectivity index (χ3n) is 7.62. The van der Waals surface area contributed by atoms with Gasteiger partial charge in [-0.1, -0.05) is 12.1 Å². The molecular formula is C25H35F3N4O4. The Kier molecular flexibility index (Phi) is 8.41. The lowest BCUT2D eigenvalue weighted by Crippen LogP contribution is -2.49. The van der Waals surface area contributed by atoms with Gasteiger partial charge < -0.3 is 19.7 Å². The van der Waals surface area contributed by atoms with E-state index in [1.54, 1.807) is 13.2 Å². The van der Waals surface area contributed by atoms with Crippen LogP contribution in [0.3, 0.4) is 0 Å². The number of carbonyl (C=O) groups excluding carboxylic acids is 2. The Morgan fingerprint density at radius 3 is 2.75 bits per heavy atom. The summed E-state index contributed by atoms with van der Waals surface area (Å²) in [5.41, 5.74) is 0.649. The zero-order valence-electron chi connectivity index (χ0n) is 20.8. The van der Waals surface area contributed by atoms with Crippen molar-refractivity contribution in [2.24, 2.45) is 0 Å². The van der Waals surface area contributed by atoms with Gasteiger partial charge in [-0.25, -0.2) is 0 Å². The topological polar surface area (TPSA) is 74.3 Å². The summed E-state index contributed by atoms with van der Waals surface area (Å²) in [5, 5.41) is 3.04. The smallest absolute Gasteiger partial charge is 0.406 e. The maximum Gasteiger partial charge on any atom is 0.573 e. The van der Waals surface area contributed by atoms with E-state index in [1.807, 2.05) is 16.8 Å². The summed E-state index contributed by atoms with van der Waals surface area (Å²) in [6, 6.07) is 5.61. The number of hydrogen-bond donors (Lipinski definition) is 1. The van der Waals surface area contributed by atoms with Gasteiger partial charge in [-0.15, -0.1) is 13.2 Å². The van der Waals surface area contributed by atoms with Gasteiger partial charge in [0.1, 0.15) is 11.8 Å². The summed E-state index contributed by atoms with van der Waals surface area (Å²) in [6.45, 7) is 2.76. The molecule has 0 aromatic heterocycles. The van der Waals surface area contributed by atoms with Crippen LogP contribution in [0, 0.1) is 0 Å². The molecule has 4 rings (SSSR count). The summed E-state index contributed by atoms with van der Waals surface area (Å²) in [6.07, 6.45) is -0.977. The molecule has 3 fully saturated rings. The van der Waals surface area contributed by atoms with Crippen LogP contribution in [0.1, 0.15) is 37.7 Å². The van der Waals surface area contributed by atoms with Crippen molar-refractivity contribution in [1.82, 2.24) is 20.0 Å². The van der Waals surface area contributed by atoms with E-state index < -0.39 is 12.4 Å². The molecule has 3 aliphatic heterocycles. The highest BCUT2D eigenvalue weighted by Gasteiger charge is 2.45. The van der Waals surface area contributed by atoms with Gasteiger partial charge >= 0.3 is 6.36 Å². The molecule has 2 amide bonds. The first-order chi connectivity index (χ1) is 17.2. The molecular weight excluding hydrogens is 477 g/mol. The summed E-state index contributed by atoms with van der Waals surface area (Å²) < 4.78 is 47.1. The van der Waals surface area contributed by atoms with E-state index in [0.717, 1.165) is 25.8 Å². The largest absolute Gasteiger partial charge is 0.573 e. The zero-order chi connectivity index (χ0) is 25.9. The molecule has 4 unspecified atom stereocenters. The fourth-order valence-corrected chi connectivity index (χ4v) is 5.87. The van der Waals surface area contributed by atoms with Gasteiger partial charge in [0.25, 0.3) is 0 Å². The predicted octanol–water partition coefficient (Wildman–Crippen LogP) is 2.38. The first-order valence-electron chi connectivity index (χ1n) is 12.5. The van der Waals surface area contributed by atoms with Crippen LogP contribution in [0.15, 0.2) is 24.3 Å². The lowest BCUT2D eigenvalue weighted by Gasteiger charge is -2.33. The van der Waals surface area contributed by atoms with E-state index in [0.29, 0.717) is 44.6 Å². The molecule has 0 bridgehead atoms. The van der Waals surface area contributed by atoms with Crippen molar-refractivity contribution < 1.29 is 32.2 Å². The molecule has 1 aromatic carbocycles. The standard InChI is InChI=1S/C25H35F3N4O4/c1-30-18(8-9-22(33)32-11-4-6-19(32)16-35-2)14-29-24(34)23-21(30)10-12-31(23)15-17-5-3-7-20(13-17)36-25(26,27)28/h3,5,7,13,18-19,21,23H,4,6,8-12,14-16H2,1-2H3,(H,29,34). The monoisotopic (exact) mass is 512 g/mol. The summed E-state index contributed by atoms with van der Waals surface area (Å²) in [7, 11) is 3.65. The average Bonchev–Trinajstić information content (AvgIpc) is 3.42. The van der Waals surface area contributed by atoms with Crippen LogP contribution < -0.4 is 10.1 Å². The number of methoxy groups -OCH3 is 1. The summed E-state index contributed by atoms with van der Waals surface area (Å²) in [4.78, 5) is 32.1. The van der Waals surface area contributed by atoms with Crippen LogP contribution in [0.2, 0.25) is 0 Å². The Morgan fingerprint density at radius 1 is 1.19 bits per heavy atom. The van der Waals surface area contributed by atoms with E-state index in [2.05, 4.69) is 15.0 Å². The van der Waals surface area contributed by atoms with Crippen molar-refractivity contribution in [3.63, 3.8) is 0 Å². The number of nitrogens with one attached hydrogen (secondary N) is 1. The molecule has 200 valence electrons. The second-order valence-corrected chi connectivity index (χ2v) is 9.91. The average molecular weight is 513 g/mol. The zero-order valence-corrected chi connectivity index (χ0v) is 20.8. The van der Waals surface area contributed by atoms with Crippen molar-refractivity contribution in [3.8, 4) is 5.75 Å². The third kappa shape index (κ3) is 6.30. The Labute approximate surface area is 209 Å². The van der Waals surface area contributed by atoms with E-state index in [-0.39, 0.29) is 35.7 Å². The Balaban J connectivity index is 1.37. The van der Waals surface area contributed by atoms with E-state index in [1.165, 1.54) is 18.2 Å². The highest BCUT2D eigenvalue weighted by Crippen LogP contribution is 2.30. The van der Waals surface area contributed by atoms with Crippen molar-refractivity contribution >= 4 is 11.8 Å². The normalized spacial score (nSPS) is 27.6. The van der Waals surface area contributed by atoms with Gasteiger partial charge in [0.2, 0.25) is 11.8 Å². The van der Waals surface area contributed by atoms with Crippen LogP contribution in [0.25, 0.3) is 0 Å². The van der Waals surface area contributed by atoms with E-state index >= 15 is 0 Å². The number of benzene rings is 1. The van der Waals surface area contributed by atoms with Crippen molar-refractivity contribution in [3.05, 3.63) is 29.8 Å². The van der Waals surface area contributed by atoms with Crippen LogP contribution in [0.4, 0.5) is 13.2 Å². The van der Waals surface area contributed by atoms with Crippen LogP contribution in [-0.4, -0.2) is 97.4 Å². The number of rotatable bonds is 8. The number of nitrogens with zero attached hydrogens (tertiary/aromatic N) is 3.